The first-order valence-corrected chi connectivity index (χ1v) is 7.27. The number of benzene rings is 1. The minimum atomic E-state index is 0.624. The molecule has 2 heterocycles. The minimum absolute atomic E-state index is 0.624. The third kappa shape index (κ3) is 2.69. The van der Waals surface area contributed by atoms with Crippen LogP contribution in [0.1, 0.15) is 37.3 Å². The van der Waals surface area contributed by atoms with Crippen molar-refractivity contribution in [2.75, 3.05) is 18.5 Å². The number of hydrogen-bond acceptors (Lipinski definition) is 2. The molecule has 2 nitrogen and oxygen atoms in total. The molecule has 0 saturated carbocycles. The predicted molar refractivity (Wildman–Crippen MR) is 75.1 cm³/mol. The number of anilines is 1. The van der Waals surface area contributed by atoms with Crippen molar-refractivity contribution in [2.45, 2.75) is 45.1 Å². The summed E-state index contributed by atoms with van der Waals surface area (Å²) < 4.78 is 5.43. The third-order valence-corrected chi connectivity index (χ3v) is 4.28. The van der Waals surface area contributed by atoms with E-state index in [1.165, 1.54) is 48.9 Å². The van der Waals surface area contributed by atoms with Gasteiger partial charge < -0.3 is 10.1 Å². The highest BCUT2D eigenvalue weighted by Crippen LogP contribution is 2.28. The summed E-state index contributed by atoms with van der Waals surface area (Å²) in [5.74, 6) is 0.826. The van der Waals surface area contributed by atoms with Gasteiger partial charge in [0.2, 0.25) is 0 Å². The molecule has 1 aromatic carbocycles. The molecule has 0 bridgehead atoms. The average Bonchev–Trinajstić information content (AvgIpc) is 2.40. The quantitative estimate of drug-likeness (QED) is 0.862. The Labute approximate surface area is 110 Å². The monoisotopic (exact) mass is 245 g/mol. The molecule has 2 aliphatic heterocycles. The van der Waals surface area contributed by atoms with E-state index in [0.717, 1.165) is 19.1 Å². The highest BCUT2D eigenvalue weighted by Gasteiger charge is 2.17. The summed E-state index contributed by atoms with van der Waals surface area (Å²) in [7, 11) is 0. The lowest BCUT2D eigenvalue weighted by Gasteiger charge is -2.26. The molecule has 2 aliphatic rings. The molecule has 0 aliphatic carbocycles. The van der Waals surface area contributed by atoms with Gasteiger partial charge in [-0.05, 0) is 62.1 Å². The second-order valence-electron chi connectivity index (χ2n) is 5.84. The Hall–Kier alpha value is -1.02. The predicted octanol–water partition coefficient (Wildman–Crippen LogP) is 3.40. The van der Waals surface area contributed by atoms with E-state index in [9.17, 15) is 0 Å². The van der Waals surface area contributed by atoms with E-state index in [1.807, 2.05) is 0 Å². The maximum atomic E-state index is 5.43. The van der Waals surface area contributed by atoms with Crippen molar-refractivity contribution in [3.05, 3.63) is 29.3 Å². The van der Waals surface area contributed by atoms with Crippen LogP contribution < -0.4 is 5.32 Å². The average molecular weight is 245 g/mol. The molecule has 98 valence electrons. The molecule has 18 heavy (non-hydrogen) atoms. The molecule has 1 unspecified atom stereocenters. The van der Waals surface area contributed by atoms with Crippen LogP contribution in [-0.4, -0.2) is 19.3 Å². The van der Waals surface area contributed by atoms with Gasteiger partial charge in [-0.2, -0.15) is 0 Å². The fourth-order valence-corrected chi connectivity index (χ4v) is 3.12. The van der Waals surface area contributed by atoms with Crippen molar-refractivity contribution >= 4 is 5.69 Å². The zero-order valence-electron chi connectivity index (χ0n) is 11.2. The van der Waals surface area contributed by atoms with E-state index in [4.69, 9.17) is 4.74 Å². The molecule has 1 saturated heterocycles. The molecule has 3 rings (SSSR count). The van der Waals surface area contributed by atoms with Gasteiger partial charge >= 0.3 is 0 Å². The van der Waals surface area contributed by atoms with Crippen molar-refractivity contribution in [2.24, 2.45) is 5.92 Å². The number of hydrogen-bond donors (Lipinski definition) is 1. The van der Waals surface area contributed by atoms with Crippen molar-refractivity contribution < 1.29 is 4.74 Å². The van der Waals surface area contributed by atoms with Crippen molar-refractivity contribution in [1.29, 1.82) is 0 Å². The summed E-state index contributed by atoms with van der Waals surface area (Å²) in [5, 5.41) is 3.57. The molecule has 2 heteroatoms. The number of nitrogens with one attached hydrogen (secondary N) is 1. The number of fused-ring (bicyclic) bond motifs is 1. The van der Waals surface area contributed by atoms with Gasteiger partial charge in [0.05, 0.1) is 0 Å². The lowest BCUT2D eigenvalue weighted by atomic mass is 9.90. The van der Waals surface area contributed by atoms with Gasteiger partial charge in [0.15, 0.2) is 0 Å². The first kappa shape index (κ1) is 12.0. The lowest BCUT2D eigenvalue weighted by Crippen LogP contribution is -2.22. The zero-order chi connectivity index (χ0) is 12.4. The third-order valence-electron chi connectivity index (χ3n) is 4.28. The molecule has 0 aromatic heterocycles. The number of rotatable bonds is 2. The van der Waals surface area contributed by atoms with Crippen molar-refractivity contribution in [3.63, 3.8) is 0 Å². The highest BCUT2D eigenvalue weighted by molar-refractivity contribution is 5.55. The fourth-order valence-electron chi connectivity index (χ4n) is 3.12. The summed E-state index contributed by atoms with van der Waals surface area (Å²) in [6.07, 6.45) is 6.17. The van der Waals surface area contributed by atoms with Crippen LogP contribution in [-0.2, 0) is 17.6 Å². The van der Waals surface area contributed by atoms with Crippen LogP contribution in [0.3, 0.4) is 0 Å². The Morgan fingerprint density at radius 1 is 1.22 bits per heavy atom. The molecule has 0 spiro atoms. The van der Waals surface area contributed by atoms with E-state index in [0.29, 0.717) is 6.04 Å². The molecule has 1 atom stereocenters. The van der Waals surface area contributed by atoms with E-state index in [2.05, 4.69) is 30.4 Å². The van der Waals surface area contributed by atoms with Crippen LogP contribution >= 0.6 is 0 Å². The Bertz CT molecular complexity index is 410. The van der Waals surface area contributed by atoms with Crippen molar-refractivity contribution in [1.82, 2.24) is 0 Å². The first-order chi connectivity index (χ1) is 8.81. The van der Waals surface area contributed by atoms with Crippen LogP contribution in [0.2, 0.25) is 0 Å². The maximum Gasteiger partial charge on any atom is 0.0468 e. The maximum absolute atomic E-state index is 5.43. The lowest BCUT2D eigenvalue weighted by molar-refractivity contribution is 0.0665. The number of aryl methyl sites for hydroxylation is 1. The summed E-state index contributed by atoms with van der Waals surface area (Å²) in [6.45, 7) is 4.17. The summed E-state index contributed by atoms with van der Waals surface area (Å²) in [5.41, 5.74) is 4.37. The van der Waals surface area contributed by atoms with Crippen molar-refractivity contribution in [3.8, 4) is 0 Å². The normalized spacial score (nSPS) is 24.4. The zero-order valence-corrected chi connectivity index (χ0v) is 11.2. The van der Waals surface area contributed by atoms with E-state index in [1.54, 1.807) is 0 Å². The van der Waals surface area contributed by atoms with Gasteiger partial charge in [0.25, 0.3) is 0 Å². The Morgan fingerprint density at radius 3 is 2.89 bits per heavy atom. The molecule has 1 aromatic rings. The standard InChI is InChI=1S/C16H23NO/c1-12-2-4-15-11-14(3-5-16(15)17-12)10-13-6-8-18-9-7-13/h3,5,11-13,17H,2,4,6-10H2,1H3. The minimum Gasteiger partial charge on any atom is -0.382 e. The summed E-state index contributed by atoms with van der Waals surface area (Å²) in [4.78, 5) is 0. The van der Waals surface area contributed by atoms with Gasteiger partial charge in [0.1, 0.15) is 0 Å². The Balaban J connectivity index is 1.69. The molecular weight excluding hydrogens is 222 g/mol. The van der Waals surface area contributed by atoms with Gasteiger partial charge in [-0.25, -0.2) is 0 Å². The highest BCUT2D eigenvalue weighted by atomic mass is 16.5. The molecule has 0 radical (unpaired) electrons. The van der Waals surface area contributed by atoms with Crippen LogP contribution in [0.25, 0.3) is 0 Å². The molecule has 0 amide bonds. The second-order valence-corrected chi connectivity index (χ2v) is 5.84. The Morgan fingerprint density at radius 2 is 2.06 bits per heavy atom. The van der Waals surface area contributed by atoms with Crippen LogP contribution in [0.5, 0.6) is 0 Å². The fraction of sp³-hybridized carbons (Fsp3) is 0.625. The topological polar surface area (TPSA) is 21.3 Å². The molecule has 1 fully saturated rings. The number of ether oxygens (including phenoxy) is 1. The van der Waals surface area contributed by atoms with Crippen LogP contribution in [0, 0.1) is 5.92 Å². The van der Waals surface area contributed by atoms with Gasteiger partial charge in [-0.3, -0.25) is 0 Å². The molecular formula is C16H23NO. The van der Waals surface area contributed by atoms with Gasteiger partial charge in [-0.15, -0.1) is 0 Å². The Kier molecular flexibility index (Phi) is 3.55. The first-order valence-electron chi connectivity index (χ1n) is 7.27. The van der Waals surface area contributed by atoms with Crippen LogP contribution in [0.15, 0.2) is 18.2 Å². The second kappa shape index (κ2) is 5.31. The van der Waals surface area contributed by atoms with E-state index < -0.39 is 0 Å². The largest absolute Gasteiger partial charge is 0.382 e. The molecule has 1 N–H and O–H groups in total. The van der Waals surface area contributed by atoms with Gasteiger partial charge in [-0.1, -0.05) is 12.1 Å². The van der Waals surface area contributed by atoms with E-state index >= 15 is 0 Å². The SMILES string of the molecule is CC1CCc2cc(CC3CCOCC3)ccc2N1. The summed E-state index contributed by atoms with van der Waals surface area (Å²) >= 11 is 0. The van der Waals surface area contributed by atoms with E-state index in [-0.39, 0.29) is 0 Å². The van der Waals surface area contributed by atoms with Gasteiger partial charge in [0, 0.05) is 24.9 Å². The smallest absolute Gasteiger partial charge is 0.0468 e. The van der Waals surface area contributed by atoms with Crippen LogP contribution in [0.4, 0.5) is 5.69 Å². The summed E-state index contributed by atoms with van der Waals surface area (Å²) in [6, 6.07) is 7.63.